The van der Waals surface area contributed by atoms with Crippen LogP contribution in [0.15, 0.2) is 77.7 Å². The molecule has 0 saturated heterocycles. The molecule has 0 atom stereocenters. The Hall–Kier alpha value is -3.46. The first-order valence-electron chi connectivity index (χ1n) is 9.37. The fourth-order valence-corrected chi connectivity index (χ4v) is 4.34. The predicted molar refractivity (Wildman–Crippen MR) is 114 cm³/mol. The van der Waals surface area contributed by atoms with E-state index in [1.807, 2.05) is 0 Å². The third-order valence-electron chi connectivity index (χ3n) is 4.32. The molecule has 3 aromatic rings. The lowest BCUT2D eigenvalue weighted by Crippen LogP contribution is -2.30. The van der Waals surface area contributed by atoms with Crippen molar-refractivity contribution in [1.82, 2.24) is 0 Å². The van der Waals surface area contributed by atoms with E-state index in [-0.39, 0.29) is 17.1 Å². The molecule has 0 unspecified atom stereocenters. The molecule has 3 rings (SSSR count). The molecule has 0 bridgehead atoms. The van der Waals surface area contributed by atoms with Crippen LogP contribution in [0.4, 0.5) is 20.2 Å². The van der Waals surface area contributed by atoms with Gasteiger partial charge >= 0.3 is 0 Å². The summed E-state index contributed by atoms with van der Waals surface area (Å²) in [4.78, 5) is 12.1. The summed E-state index contributed by atoms with van der Waals surface area (Å²) >= 11 is 0. The molecule has 0 saturated carbocycles. The third kappa shape index (κ3) is 5.37. The van der Waals surface area contributed by atoms with Crippen LogP contribution >= 0.6 is 0 Å². The van der Waals surface area contributed by atoms with Crippen LogP contribution in [0, 0.1) is 11.6 Å². The Kier molecular flexibility index (Phi) is 6.86. The van der Waals surface area contributed by atoms with Crippen molar-refractivity contribution in [1.29, 1.82) is 0 Å². The summed E-state index contributed by atoms with van der Waals surface area (Å²) in [7, 11) is -3.72. The summed E-state index contributed by atoms with van der Waals surface area (Å²) in [5.41, 5.74) is 0.284. The Bertz CT molecular complexity index is 1150. The van der Waals surface area contributed by atoms with Gasteiger partial charge in [0.25, 0.3) is 15.9 Å². The second-order valence-corrected chi connectivity index (χ2v) is 8.30. The van der Waals surface area contributed by atoms with Crippen LogP contribution in [-0.4, -0.2) is 27.5 Å². The number of sulfonamides is 1. The SMILES string of the molecule is CCN(c1ccc(OCC(=O)Nc2ccc(F)cc2F)cc1)S(=O)(=O)c1ccccc1. The number of rotatable bonds is 8. The summed E-state index contributed by atoms with van der Waals surface area (Å²) in [5.74, 6) is -1.94. The fraction of sp³-hybridized carbons (Fsp3) is 0.136. The molecule has 0 fully saturated rings. The van der Waals surface area contributed by atoms with Gasteiger partial charge in [0.2, 0.25) is 0 Å². The molecule has 0 aliphatic carbocycles. The summed E-state index contributed by atoms with van der Waals surface area (Å²) < 4.78 is 58.9. The zero-order valence-electron chi connectivity index (χ0n) is 16.6. The number of nitrogens with zero attached hydrogens (tertiary/aromatic N) is 1. The monoisotopic (exact) mass is 446 g/mol. The number of hydrogen-bond donors (Lipinski definition) is 1. The van der Waals surface area contributed by atoms with E-state index in [1.165, 1.54) is 28.6 Å². The predicted octanol–water partition coefficient (Wildman–Crippen LogP) is 4.20. The largest absolute Gasteiger partial charge is 0.484 e. The minimum Gasteiger partial charge on any atom is -0.484 e. The first-order chi connectivity index (χ1) is 14.8. The van der Waals surface area contributed by atoms with Crippen LogP contribution in [0.25, 0.3) is 0 Å². The Morgan fingerprint density at radius 1 is 1.00 bits per heavy atom. The highest BCUT2D eigenvalue weighted by Gasteiger charge is 2.23. The van der Waals surface area contributed by atoms with Gasteiger partial charge in [-0.2, -0.15) is 0 Å². The fourth-order valence-electron chi connectivity index (χ4n) is 2.85. The maximum atomic E-state index is 13.6. The number of carbonyl (C=O) groups excluding carboxylic acids is 1. The number of benzene rings is 3. The molecule has 0 aromatic heterocycles. The van der Waals surface area contributed by atoms with E-state index in [0.717, 1.165) is 12.1 Å². The lowest BCUT2D eigenvalue weighted by atomic mass is 10.3. The van der Waals surface area contributed by atoms with Crippen molar-refractivity contribution in [3.8, 4) is 5.75 Å². The standard InChI is InChI=1S/C22H20F2N2O4S/c1-2-26(31(28,29)19-6-4-3-5-7-19)17-9-11-18(12-10-17)30-15-22(27)25-21-13-8-16(23)14-20(21)24/h3-14H,2,15H2,1H3,(H,25,27). The highest BCUT2D eigenvalue weighted by atomic mass is 32.2. The number of amides is 1. The summed E-state index contributed by atoms with van der Waals surface area (Å²) in [6.45, 7) is 1.54. The molecular formula is C22H20F2N2O4S. The Labute approximate surface area is 179 Å². The quantitative estimate of drug-likeness (QED) is 0.563. The number of anilines is 2. The Morgan fingerprint density at radius 3 is 2.29 bits per heavy atom. The van der Waals surface area contributed by atoms with Crippen molar-refractivity contribution in [2.75, 3.05) is 22.8 Å². The van der Waals surface area contributed by atoms with Gasteiger partial charge in [0.15, 0.2) is 6.61 Å². The Balaban J connectivity index is 1.65. The summed E-state index contributed by atoms with van der Waals surface area (Å²) in [6, 6.07) is 17.1. The van der Waals surface area contributed by atoms with Crippen LogP contribution in [0.1, 0.15) is 6.92 Å². The molecule has 1 amide bonds. The van der Waals surface area contributed by atoms with E-state index in [4.69, 9.17) is 4.74 Å². The minimum absolute atomic E-state index is 0.157. The van der Waals surface area contributed by atoms with E-state index in [1.54, 1.807) is 37.3 Å². The molecular weight excluding hydrogens is 426 g/mol. The molecule has 31 heavy (non-hydrogen) atoms. The van der Waals surface area contributed by atoms with E-state index < -0.39 is 34.2 Å². The maximum absolute atomic E-state index is 13.6. The van der Waals surface area contributed by atoms with Gasteiger partial charge in [0, 0.05) is 12.6 Å². The highest BCUT2D eigenvalue weighted by Crippen LogP contribution is 2.25. The highest BCUT2D eigenvalue weighted by molar-refractivity contribution is 7.92. The summed E-state index contributed by atoms with van der Waals surface area (Å²) in [6.07, 6.45) is 0. The number of ether oxygens (including phenoxy) is 1. The zero-order chi connectivity index (χ0) is 22.4. The first kappa shape index (κ1) is 22.2. The summed E-state index contributed by atoms with van der Waals surface area (Å²) in [5, 5.41) is 2.29. The van der Waals surface area contributed by atoms with Crippen LogP contribution in [0.5, 0.6) is 5.75 Å². The van der Waals surface area contributed by atoms with Crippen molar-refractivity contribution >= 4 is 27.3 Å². The van der Waals surface area contributed by atoms with Gasteiger partial charge in [-0.15, -0.1) is 0 Å². The van der Waals surface area contributed by atoms with Crippen LogP contribution < -0.4 is 14.4 Å². The van der Waals surface area contributed by atoms with Gasteiger partial charge in [-0.25, -0.2) is 17.2 Å². The van der Waals surface area contributed by atoms with Crippen molar-refractivity contribution in [3.63, 3.8) is 0 Å². The van der Waals surface area contributed by atoms with Crippen molar-refractivity contribution < 1.29 is 26.7 Å². The molecule has 0 radical (unpaired) electrons. The molecule has 9 heteroatoms. The van der Waals surface area contributed by atoms with E-state index >= 15 is 0 Å². The van der Waals surface area contributed by atoms with Gasteiger partial charge in [-0.3, -0.25) is 9.10 Å². The average molecular weight is 446 g/mol. The number of nitrogens with one attached hydrogen (secondary N) is 1. The lowest BCUT2D eigenvalue weighted by molar-refractivity contribution is -0.118. The van der Waals surface area contributed by atoms with E-state index in [2.05, 4.69) is 5.32 Å². The van der Waals surface area contributed by atoms with Gasteiger partial charge in [0.1, 0.15) is 17.4 Å². The van der Waals surface area contributed by atoms with Gasteiger partial charge in [-0.1, -0.05) is 18.2 Å². The van der Waals surface area contributed by atoms with Gasteiger partial charge < -0.3 is 10.1 Å². The number of hydrogen-bond acceptors (Lipinski definition) is 4. The van der Waals surface area contributed by atoms with E-state index in [0.29, 0.717) is 17.5 Å². The lowest BCUT2D eigenvalue weighted by Gasteiger charge is -2.23. The molecule has 1 N–H and O–H groups in total. The van der Waals surface area contributed by atoms with Gasteiger partial charge in [0.05, 0.1) is 16.3 Å². The molecule has 3 aromatic carbocycles. The molecule has 0 aliphatic rings. The molecule has 0 heterocycles. The van der Waals surface area contributed by atoms with Crippen LogP contribution in [-0.2, 0) is 14.8 Å². The minimum atomic E-state index is -3.72. The number of carbonyl (C=O) groups is 1. The zero-order valence-corrected chi connectivity index (χ0v) is 17.4. The molecule has 0 spiro atoms. The van der Waals surface area contributed by atoms with Crippen molar-refractivity contribution in [2.45, 2.75) is 11.8 Å². The normalized spacial score (nSPS) is 11.1. The topological polar surface area (TPSA) is 75.7 Å². The van der Waals surface area contributed by atoms with Gasteiger partial charge in [-0.05, 0) is 55.5 Å². The molecule has 6 nitrogen and oxygen atoms in total. The molecule has 162 valence electrons. The Morgan fingerprint density at radius 2 is 1.68 bits per heavy atom. The molecule has 0 aliphatic heterocycles. The average Bonchev–Trinajstić information content (AvgIpc) is 2.76. The van der Waals surface area contributed by atoms with Crippen LogP contribution in [0.2, 0.25) is 0 Å². The smallest absolute Gasteiger partial charge is 0.264 e. The third-order valence-corrected chi connectivity index (χ3v) is 6.24. The number of halogens is 2. The second kappa shape index (κ2) is 9.57. The van der Waals surface area contributed by atoms with Crippen molar-refractivity contribution in [3.05, 3.63) is 84.4 Å². The second-order valence-electron chi connectivity index (χ2n) is 6.44. The van der Waals surface area contributed by atoms with E-state index in [9.17, 15) is 22.0 Å². The van der Waals surface area contributed by atoms with Crippen LogP contribution in [0.3, 0.4) is 0 Å². The maximum Gasteiger partial charge on any atom is 0.264 e. The first-order valence-corrected chi connectivity index (χ1v) is 10.8. The van der Waals surface area contributed by atoms with Crippen molar-refractivity contribution in [2.24, 2.45) is 0 Å².